The van der Waals surface area contributed by atoms with Gasteiger partial charge in [-0.15, -0.1) is 0 Å². The average Bonchev–Trinajstić information content (AvgIpc) is 2.50. The topological polar surface area (TPSA) is 66.5 Å². The Morgan fingerprint density at radius 1 is 1.04 bits per heavy atom. The van der Waals surface area contributed by atoms with Crippen LogP contribution < -0.4 is 9.62 Å². The molecule has 2 aromatic rings. The first-order chi connectivity index (χ1) is 11.2. The van der Waals surface area contributed by atoms with Gasteiger partial charge in [0.25, 0.3) is 0 Å². The van der Waals surface area contributed by atoms with Gasteiger partial charge in [-0.2, -0.15) is 0 Å². The van der Waals surface area contributed by atoms with E-state index in [1.165, 1.54) is 0 Å². The fourth-order valence-electron chi connectivity index (χ4n) is 2.45. The van der Waals surface area contributed by atoms with Crippen LogP contribution in [0.3, 0.4) is 0 Å². The first kappa shape index (κ1) is 18.0. The molecule has 1 N–H and O–H groups in total. The lowest BCUT2D eigenvalue weighted by molar-refractivity contribution is -0.116. The second-order valence-corrected chi connectivity index (χ2v) is 7.72. The monoisotopic (exact) mass is 346 g/mol. The number of nitrogens with one attached hydrogen (secondary N) is 1. The molecule has 2 rings (SSSR count). The van der Waals surface area contributed by atoms with Crippen LogP contribution in [-0.4, -0.2) is 26.6 Å². The van der Waals surface area contributed by atoms with E-state index in [1.807, 2.05) is 26.0 Å². The largest absolute Gasteiger partial charge is 0.324 e. The molecule has 0 saturated carbocycles. The van der Waals surface area contributed by atoms with Crippen LogP contribution >= 0.6 is 0 Å². The molecule has 0 heterocycles. The number of carbonyl (C=O) groups is 1. The SMILES string of the molecule is Cc1ccc(NC(=O)[C@H](C)N(c2ccccc2)S(C)(=O)=O)cc1C. The van der Waals surface area contributed by atoms with E-state index >= 15 is 0 Å². The maximum absolute atomic E-state index is 12.6. The van der Waals surface area contributed by atoms with Gasteiger partial charge in [0.15, 0.2) is 0 Å². The Hall–Kier alpha value is -2.34. The Bertz CT molecular complexity index is 833. The van der Waals surface area contributed by atoms with Crippen LogP contribution in [0.1, 0.15) is 18.1 Å². The molecule has 128 valence electrons. The molecule has 0 bridgehead atoms. The molecule has 2 aromatic carbocycles. The lowest BCUT2D eigenvalue weighted by Gasteiger charge is -2.28. The number of para-hydroxylation sites is 1. The lowest BCUT2D eigenvalue weighted by Crippen LogP contribution is -2.45. The van der Waals surface area contributed by atoms with Crippen LogP contribution in [0.4, 0.5) is 11.4 Å². The second-order valence-electron chi connectivity index (χ2n) is 5.86. The zero-order valence-corrected chi connectivity index (χ0v) is 15.1. The molecule has 0 aliphatic carbocycles. The zero-order chi connectivity index (χ0) is 17.9. The third kappa shape index (κ3) is 4.14. The predicted molar refractivity (Wildman–Crippen MR) is 97.8 cm³/mol. The Kier molecular flexibility index (Phi) is 5.29. The van der Waals surface area contributed by atoms with Gasteiger partial charge in [0.05, 0.1) is 11.9 Å². The summed E-state index contributed by atoms with van der Waals surface area (Å²) in [7, 11) is -3.60. The molecule has 0 unspecified atom stereocenters. The summed E-state index contributed by atoms with van der Waals surface area (Å²) in [6.45, 7) is 5.52. The highest BCUT2D eigenvalue weighted by atomic mass is 32.2. The number of anilines is 2. The number of hydrogen-bond acceptors (Lipinski definition) is 3. The van der Waals surface area contributed by atoms with Gasteiger partial charge in [-0.05, 0) is 56.2 Å². The van der Waals surface area contributed by atoms with Gasteiger partial charge in [-0.3, -0.25) is 9.10 Å². The first-order valence-corrected chi connectivity index (χ1v) is 9.47. The predicted octanol–water partition coefficient (Wildman–Crippen LogP) is 3.10. The molecule has 0 radical (unpaired) electrons. The fraction of sp³-hybridized carbons (Fsp3) is 0.278. The van der Waals surface area contributed by atoms with E-state index in [1.54, 1.807) is 43.3 Å². The van der Waals surface area contributed by atoms with Crippen molar-refractivity contribution in [2.45, 2.75) is 26.8 Å². The third-order valence-corrected chi connectivity index (χ3v) is 5.12. The molecule has 0 aliphatic rings. The van der Waals surface area contributed by atoms with Gasteiger partial charge >= 0.3 is 0 Å². The quantitative estimate of drug-likeness (QED) is 0.905. The minimum absolute atomic E-state index is 0.382. The number of nitrogens with zero attached hydrogens (tertiary/aromatic N) is 1. The van der Waals surface area contributed by atoms with Gasteiger partial charge in [0.2, 0.25) is 15.9 Å². The van der Waals surface area contributed by atoms with E-state index in [2.05, 4.69) is 5.32 Å². The van der Waals surface area contributed by atoms with Crippen molar-refractivity contribution in [2.75, 3.05) is 15.9 Å². The summed E-state index contributed by atoms with van der Waals surface area (Å²) >= 11 is 0. The van der Waals surface area contributed by atoms with Crippen LogP contribution in [0.15, 0.2) is 48.5 Å². The van der Waals surface area contributed by atoms with Gasteiger partial charge in [-0.1, -0.05) is 24.3 Å². The molecule has 0 fully saturated rings. The van der Waals surface area contributed by atoms with Crippen molar-refractivity contribution in [3.8, 4) is 0 Å². The molecule has 1 atom stereocenters. The minimum Gasteiger partial charge on any atom is -0.324 e. The van der Waals surface area contributed by atoms with Gasteiger partial charge in [0, 0.05) is 5.69 Å². The van der Waals surface area contributed by atoms with E-state index in [0.717, 1.165) is 21.7 Å². The van der Waals surface area contributed by atoms with E-state index in [-0.39, 0.29) is 5.91 Å². The Balaban J connectivity index is 2.27. The maximum Gasteiger partial charge on any atom is 0.247 e. The minimum atomic E-state index is -3.60. The zero-order valence-electron chi connectivity index (χ0n) is 14.3. The Morgan fingerprint density at radius 2 is 1.67 bits per heavy atom. The molecule has 0 aliphatic heterocycles. The molecule has 6 heteroatoms. The van der Waals surface area contributed by atoms with Gasteiger partial charge in [-0.25, -0.2) is 8.42 Å². The van der Waals surface area contributed by atoms with Crippen molar-refractivity contribution in [1.29, 1.82) is 0 Å². The van der Waals surface area contributed by atoms with Crippen LogP contribution in [0.2, 0.25) is 0 Å². The number of sulfonamides is 1. The number of benzene rings is 2. The summed E-state index contributed by atoms with van der Waals surface area (Å²) in [5.41, 5.74) is 3.30. The smallest absolute Gasteiger partial charge is 0.247 e. The van der Waals surface area contributed by atoms with E-state index < -0.39 is 16.1 Å². The van der Waals surface area contributed by atoms with Crippen LogP contribution in [0.25, 0.3) is 0 Å². The van der Waals surface area contributed by atoms with E-state index in [9.17, 15) is 13.2 Å². The fourth-order valence-corrected chi connectivity index (χ4v) is 3.62. The average molecular weight is 346 g/mol. The Morgan fingerprint density at radius 3 is 2.21 bits per heavy atom. The third-order valence-electron chi connectivity index (χ3n) is 3.87. The normalized spacial score (nSPS) is 12.5. The van der Waals surface area contributed by atoms with Crippen molar-refractivity contribution in [2.24, 2.45) is 0 Å². The van der Waals surface area contributed by atoms with Gasteiger partial charge in [0.1, 0.15) is 6.04 Å². The molecule has 24 heavy (non-hydrogen) atoms. The first-order valence-electron chi connectivity index (χ1n) is 7.62. The van der Waals surface area contributed by atoms with E-state index in [4.69, 9.17) is 0 Å². The molecular formula is C18H22N2O3S. The number of hydrogen-bond donors (Lipinski definition) is 1. The summed E-state index contributed by atoms with van der Waals surface area (Å²) in [4.78, 5) is 12.6. The van der Waals surface area contributed by atoms with Crippen molar-refractivity contribution < 1.29 is 13.2 Å². The lowest BCUT2D eigenvalue weighted by atomic mass is 10.1. The maximum atomic E-state index is 12.6. The summed E-state index contributed by atoms with van der Waals surface area (Å²) in [5, 5.41) is 2.79. The summed E-state index contributed by atoms with van der Waals surface area (Å²) in [6.07, 6.45) is 1.10. The highest BCUT2D eigenvalue weighted by Gasteiger charge is 2.29. The molecule has 0 spiro atoms. The van der Waals surface area contributed by atoms with Crippen molar-refractivity contribution >= 4 is 27.3 Å². The van der Waals surface area contributed by atoms with Crippen LogP contribution in [0.5, 0.6) is 0 Å². The standard InChI is InChI=1S/C18H22N2O3S/c1-13-10-11-16(12-14(13)2)19-18(21)15(3)20(24(4,22)23)17-8-6-5-7-9-17/h5-12,15H,1-4H3,(H,19,21)/t15-/m0/s1. The van der Waals surface area contributed by atoms with E-state index in [0.29, 0.717) is 11.4 Å². The second kappa shape index (κ2) is 7.05. The number of carbonyl (C=O) groups excluding carboxylic acids is 1. The highest BCUT2D eigenvalue weighted by Crippen LogP contribution is 2.21. The summed E-state index contributed by atoms with van der Waals surface area (Å²) in [5.74, 6) is -0.382. The number of aryl methyl sites for hydroxylation is 2. The summed E-state index contributed by atoms with van der Waals surface area (Å²) in [6, 6.07) is 13.3. The number of amides is 1. The van der Waals surface area contributed by atoms with Gasteiger partial charge < -0.3 is 5.32 Å². The molecule has 0 saturated heterocycles. The van der Waals surface area contributed by atoms with Crippen LogP contribution in [-0.2, 0) is 14.8 Å². The molecule has 0 aromatic heterocycles. The molecule has 5 nitrogen and oxygen atoms in total. The van der Waals surface area contributed by atoms with Crippen molar-refractivity contribution in [1.82, 2.24) is 0 Å². The highest BCUT2D eigenvalue weighted by molar-refractivity contribution is 7.92. The van der Waals surface area contributed by atoms with Crippen LogP contribution in [0, 0.1) is 13.8 Å². The molecule has 1 amide bonds. The summed E-state index contributed by atoms with van der Waals surface area (Å²) < 4.78 is 25.5. The van der Waals surface area contributed by atoms with Crippen molar-refractivity contribution in [3.63, 3.8) is 0 Å². The van der Waals surface area contributed by atoms with Crippen molar-refractivity contribution in [3.05, 3.63) is 59.7 Å². The molecular weight excluding hydrogens is 324 g/mol. The Labute approximate surface area is 143 Å². The number of rotatable bonds is 5.